The Bertz CT molecular complexity index is 403. The summed E-state index contributed by atoms with van der Waals surface area (Å²) in [6, 6.07) is 0.655. The number of hydrogen-bond acceptors (Lipinski definition) is 4. The quantitative estimate of drug-likeness (QED) is 0.744. The summed E-state index contributed by atoms with van der Waals surface area (Å²) in [5.74, 6) is 0.847. The van der Waals surface area contributed by atoms with Crippen molar-refractivity contribution in [3.8, 4) is 0 Å². The SMILES string of the molecule is CCCNC1CCC(C(C)(C)CC)CC1Sc1nccs1. The van der Waals surface area contributed by atoms with Gasteiger partial charge in [0.05, 0.1) is 0 Å². The first-order valence-electron chi connectivity index (χ1n) is 8.36. The number of hydrogen-bond donors (Lipinski definition) is 1. The third-order valence-corrected chi connectivity index (χ3v) is 7.40. The van der Waals surface area contributed by atoms with E-state index in [0.29, 0.717) is 16.7 Å². The summed E-state index contributed by atoms with van der Waals surface area (Å²) in [5, 5.41) is 6.54. The summed E-state index contributed by atoms with van der Waals surface area (Å²) < 4.78 is 1.23. The number of thiazole rings is 1. The first-order valence-corrected chi connectivity index (χ1v) is 10.1. The molecule has 3 unspecified atom stereocenters. The van der Waals surface area contributed by atoms with Crippen LogP contribution >= 0.6 is 23.1 Å². The minimum absolute atomic E-state index is 0.470. The minimum atomic E-state index is 0.470. The van der Waals surface area contributed by atoms with Crippen LogP contribution in [-0.2, 0) is 0 Å². The summed E-state index contributed by atoms with van der Waals surface area (Å²) in [4.78, 5) is 4.49. The van der Waals surface area contributed by atoms with Crippen LogP contribution in [0.4, 0.5) is 0 Å². The predicted octanol–water partition coefficient (Wildman–Crippen LogP) is 5.21. The zero-order valence-electron chi connectivity index (χ0n) is 13.9. The predicted molar refractivity (Wildman–Crippen MR) is 95.3 cm³/mol. The number of nitrogens with one attached hydrogen (secondary N) is 1. The van der Waals surface area contributed by atoms with E-state index in [9.17, 15) is 0 Å². The van der Waals surface area contributed by atoms with Gasteiger partial charge >= 0.3 is 0 Å². The smallest absolute Gasteiger partial charge is 0.150 e. The van der Waals surface area contributed by atoms with Crippen molar-refractivity contribution in [1.29, 1.82) is 0 Å². The van der Waals surface area contributed by atoms with Gasteiger partial charge in [-0.25, -0.2) is 4.98 Å². The average Bonchev–Trinajstić information content (AvgIpc) is 2.98. The van der Waals surface area contributed by atoms with Crippen LogP contribution in [0.2, 0.25) is 0 Å². The molecule has 4 heteroatoms. The Labute approximate surface area is 138 Å². The Hall–Kier alpha value is -0.0600. The molecule has 1 aromatic heterocycles. The molecular weight excluding hydrogens is 296 g/mol. The molecule has 0 bridgehead atoms. The monoisotopic (exact) mass is 326 g/mol. The van der Waals surface area contributed by atoms with Crippen molar-refractivity contribution in [2.75, 3.05) is 6.54 Å². The molecule has 0 spiro atoms. The van der Waals surface area contributed by atoms with Gasteiger partial charge in [-0.1, -0.05) is 45.9 Å². The second-order valence-electron chi connectivity index (χ2n) is 6.87. The lowest BCUT2D eigenvalue weighted by Gasteiger charge is -2.43. The topological polar surface area (TPSA) is 24.9 Å². The van der Waals surface area contributed by atoms with Crippen molar-refractivity contribution in [2.45, 2.75) is 75.4 Å². The number of nitrogens with zero attached hydrogens (tertiary/aromatic N) is 1. The van der Waals surface area contributed by atoms with Gasteiger partial charge < -0.3 is 5.32 Å². The molecular formula is C17H30N2S2. The third kappa shape index (κ3) is 4.70. The molecule has 0 radical (unpaired) electrons. The molecule has 1 N–H and O–H groups in total. The molecule has 1 saturated carbocycles. The Morgan fingerprint density at radius 1 is 1.38 bits per heavy atom. The number of aromatic nitrogens is 1. The summed E-state index contributed by atoms with van der Waals surface area (Å²) in [5.41, 5.74) is 0.470. The van der Waals surface area contributed by atoms with E-state index in [1.807, 2.05) is 18.0 Å². The van der Waals surface area contributed by atoms with Crippen LogP contribution in [0.5, 0.6) is 0 Å². The van der Waals surface area contributed by atoms with Gasteiger partial charge in [-0.3, -0.25) is 0 Å². The van der Waals surface area contributed by atoms with Crippen molar-refractivity contribution < 1.29 is 0 Å². The molecule has 0 amide bonds. The normalized spacial score (nSPS) is 27.0. The highest BCUT2D eigenvalue weighted by Crippen LogP contribution is 2.45. The molecule has 0 aliphatic heterocycles. The van der Waals surface area contributed by atoms with Gasteiger partial charge in [-0.05, 0) is 43.6 Å². The maximum absolute atomic E-state index is 4.49. The standard InChI is InChI=1S/C17H30N2S2/c1-5-9-18-14-8-7-13(17(3,4)6-2)12-15(14)21-16-19-10-11-20-16/h10-11,13-15,18H,5-9,12H2,1-4H3. The first-order chi connectivity index (χ1) is 10.1. The molecule has 2 nitrogen and oxygen atoms in total. The van der Waals surface area contributed by atoms with Gasteiger partial charge in [0.25, 0.3) is 0 Å². The molecule has 0 aromatic carbocycles. The lowest BCUT2D eigenvalue weighted by molar-refractivity contribution is 0.141. The number of rotatable bonds is 7. The van der Waals surface area contributed by atoms with Gasteiger partial charge in [0, 0.05) is 22.9 Å². The molecule has 120 valence electrons. The summed E-state index contributed by atoms with van der Waals surface area (Å²) >= 11 is 3.79. The molecule has 1 heterocycles. The Balaban J connectivity index is 2.03. The number of thioether (sulfide) groups is 1. The molecule has 3 atom stereocenters. The maximum atomic E-state index is 4.49. The molecule has 21 heavy (non-hydrogen) atoms. The fourth-order valence-corrected chi connectivity index (χ4v) is 5.44. The first kappa shape index (κ1) is 17.3. The van der Waals surface area contributed by atoms with E-state index in [0.717, 1.165) is 12.5 Å². The van der Waals surface area contributed by atoms with E-state index >= 15 is 0 Å². The van der Waals surface area contributed by atoms with Gasteiger partial charge in [-0.2, -0.15) is 0 Å². The van der Waals surface area contributed by atoms with E-state index in [4.69, 9.17) is 0 Å². The van der Waals surface area contributed by atoms with Crippen LogP contribution in [-0.4, -0.2) is 22.8 Å². The van der Waals surface area contributed by atoms with E-state index in [1.54, 1.807) is 11.3 Å². The lowest BCUT2D eigenvalue weighted by Crippen LogP contribution is -2.45. The summed E-state index contributed by atoms with van der Waals surface area (Å²) in [6.45, 7) is 10.6. The second-order valence-corrected chi connectivity index (χ2v) is 9.25. The van der Waals surface area contributed by atoms with Crippen molar-refractivity contribution in [1.82, 2.24) is 10.3 Å². The largest absolute Gasteiger partial charge is 0.313 e. The van der Waals surface area contributed by atoms with Crippen LogP contribution < -0.4 is 5.32 Å². The maximum Gasteiger partial charge on any atom is 0.150 e. The van der Waals surface area contributed by atoms with Crippen LogP contribution in [0.3, 0.4) is 0 Å². The van der Waals surface area contributed by atoms with Gasteiger partial charge in [-0.15, -0.1) is 11.3 Å². The summed E-state index contributed by atoms with van der Waals surface area (Å²) in [6.07, 6.45) is 8.44. The molecule has 2 rings (SSSR count). The Morgan fingerprint density at radius 2 is 2.19 bits per heavy atom. The highest BCUT2D eigenvalue weighted by Gasteiger charge is 2.37. The molecule has 1 aliphatic rings. The van der Waals surface area contributed by atoms with E-state index in [1.165, 1.54) is 36.4 Å². The third-order valence-electron chi connectivity index (χ3n) is 5.13. The zero-order chi connectivity index (χ0) is 15.3. The minimum Gasteiger partial charge on any atom is -0.313 e. The lowest BCUT2D eigenvalue weighted by atomic mass is 9.68. The van der Waals surface area contributed by atoms with Crippen molar-refractivity contribution >= 4 is 23.1 Å². The molecule has 1 aromatic rings. The second kappa shape index (κ2) is 7.98. The van der Waals surface area contributed by atoms with Crippen LogP contribution in [0.1, 0.15) is 59.8 Å². The van der Waals surface area contributed by atoms with E-state index in [2.05, 4.69) is 43.4 Å². The summed E-state index contributed by atoms with van der Waals surface area (Å²) in [7, 11) is 0. The van der Waals surface area contributed by atoms with E-state index in [-0.39, 0.29) is 0 Å². The Morgan fingerprint density at radius 3 is 2.81 bits per heavy atom. The van der Waals surface area contributed by atoms with Crippen molar-refractivity contribution in [2.24, 2.45) is 11.3 Å². The van der Waals surface area contributed by atoms with E-state index < -0.39 is 0 Å². The highest BCUT2D eigenvalue weighted by atomic mass is 32.2. The zero-order valence-corrected chi connectivity index (χ0v) is 15.5. The fraction of sp³-hybridized carbons (Fsp3) is 0.824. The van der Waals surface area contributed by atoms with Gasteiger partial charge in [0.2, 0.25) is 0 Å². The van der Waals surface area contributed by atoms with Crippen LogP contribution in [0.25, 0.3) is 0 Å². The molecule has 0 saturated heterocycles. The average molecular weight is 327 g/mol. The van der Waals surface area contributed by atoms with Crippen LogP contribution in [0.15, 0.2) is 15.9 Å². The fourth-order valence-electron chi connectivity index (χ4n) is 3.22. The van der Waals surface area contributed by atoms with Crippen molar-refractivity contribution in [3.05, 3.63) is 11.6 Å². The molecule has 1 aliphatic carbocycles. The highest BCUT2D eigenvalue weighted by molar-refractivity contribution is 8.01. The van der Waals surface area contributed by atoms with Gasteiger partial charge in [0.15, 0.2) is 0 Å². The van der Waals surface area contributed by atoms with Crippen molar-refractivity contribution in [3.63, 3.8) is 0 Å². The Kier molecular flexibility index (Phi) is 6.57. The molecule has 1 fully saturated rings. The van der Waals surface area contributed by atoms with Crippen LogP contribution in [0, 0.1) is 11.3 Å². The van der Waals surface area contributed by atoms with Gasteiger partial charge in [0.1, 0.15) is 4.34 Å².